The molecule has 0 aromatic heterocycles. The molecule has 2 heterocycles. The summed E-state index contributed by atoms with van der Waals surface area (Å²) in [6, 6.07) is 14.6. The molecule has 2 atom stereocenters. The fourth-order valence-electron chi connectivity index (χ4n) is 6.19. The molecule has 2 aromatic carbocycles. The summed E-state index contributed by atoms with van der Waals surface area (Å²) in [6.07, 6.45) is 0.826. The molecule has 4 nitrogen and oxygen atoms in total. The van der Waals surface area contributed by atoms with Crippen LogP contribution in [0.25, 0.3) is 0 Å². The zero-order valence-electron chi connectivity index (χ0n) is 19.0. The van der Waals surface area contributed by atoms with Crippen molar-refractivity contribution in [3.63, 3.8) is 0 Å². The van der Waals surface area contributed by atoms with Crippen molar-refractivity contribution in [2.24, 2.45) is 0 Å². The standard InChI is InChI=1S/C26H29ClF3N3O/c27-22-11-10-18(16-21(22)26(28,29)30)20-8-4-5-9-23(20)32-14-12-25(13-15-32)24(34)31-17-33(25)19-6-2-1-3-7-19/h1-3,6-7,10-11,16,20,23H,4-5,8-9,12-15,17H2,(H,31,34)/t20-,23-/m1/s1. The first-order chi connectivity index (χ1) is 16.3. The van der Waals surface area contributed by atoms with E-state index in [1.807, 2.05) is 30.3 Å². The van der Waals surface area contributed by atoms with Gasteiger partial charge in [-0.15, -0.1) is 0 Å². The molecule has 0 unspecified atom stereocenters. The Labute approximate surface area is 203 Å². The monoisotopic (exact) mass is 491 g/mol. The fourth-order valence-corrected chi connectivity index (χ4v) is 6.41. The number of likely N-dealkylation sites (tertiary alicyclic amines) is 1. The van der Waals surface area contributed by atoms with E-state index in [9.17, 15) is 18.0 Å². The number of carbonyl (C=O) groups excluding carboxylic acids is 1. The van der Waals surface area contributed by atoms with Gasteiger partial charge in [-0.3, -0.25) is 9.69 Å². The van der Waals surface area contributed by atoms with Crippen molar-refractivity contribution in [3.05, 3.63) is 64.7 Å². The molecule has 5 rings (SSSR count). The Balaban J connectivity index is 1.36. The SMILES string of the molecule is O=C1NCN(c2ccccc2)C12CCN([C@@H]1CCCC[C@@H]1c1ccc(Cl)c(C(F)(F)F)c1)CC2. The van der Waals surface area contributed by atoms with Crippen LogP contribution >= 0.6 is 11.6 Å². The van der Waals surface area contributed by atoms with Gasteiger partial charge in [0.2, 0.25) is 5.91 Å². The molecule has 0 bridgehead atoms. The number of halogens is 4. The highest BCUT2D eigenvalue weighted by Gasteiger charge is 2.51. The van der Waals surface area contributed by atoms with Crippen LogP contribution in [0.1, 0.15) is 55.6 Å². The van der Waals surface area contributed by atoms with Gasteiger partial charge in [-0.2, -0.15) is 13.2 Å². The van der Waals surface area contributed by atoms with Gasteiger partial charge < -0.3 is 10.2 Å². The Kier molecular flexibility index (Phi) is 6.27. The second-order valence-corrected chi connectivity index (χ2v) is 10.1. The maximum atomic E-state index is 13.5. The zero-order valence-corrected chi connectivity index (χ0v) is 19.7. The molecule has 182 valence electrons. The van der Waals surface area contributed by atoms with Gasteiger partial charge in [0.1, 0.15) is 5.54 Å². The van der Waals surface area contributed by atoms with Crippen LogP contribution in [-0.2, 0) is 11.0 Å². The van der Waals surface area contributed by atoms with Crippen LogP contribution in [0.5, 0.6) is 0 Å². The number of alkyl halides is 3. The van der Waals surface area contributed by atoms with Gasteiger partial charge in [0, 0.05) is 24.8 Å². The molecular formula is C26H29ClF3N3O. The van der Waals surface area contributed by atoms with Gasteiger partial charge >= 0.3 is 6.18 Å². The molecule has 34 heavy (non-hydrogen) atoms. The number of piperidine rings is 1. The summed E-state index contributed by atoms with van der Waals surface area (Å²) in [5, 5.41) is 2.78. The predicted molar refractivity (Wildman–Crippen MR) is 127 cm³/mol. The lowest BCUT2D eigenvalue weighted by Gasteiger charge is -2.48. The maximum Gasteiger partial charge on any atom is 0.417 e. The summed E-state index contributed by atoms with van der Waals surface area (Å²) in [6.45, 7) is 2.00. The fraction of sp³-hybridized carbons (Fsp3) is 0.500. The highest BCUT2D eigenvalue weighted by Crippen LogP contribution is 2.43. The van der Waals surface area contributed by atoms with Gasteiger partial charge in [-0.1, -0.05) is 48.7 Å². The number of nitrogens with one attached hydrogen (secondary N) is 1. The average molecular weight is 492 g/mol. The van der Waals surface area contributed by atoms with Crippen LogP contribution in [0, 0.1) is 0 Å². The lowest BCUT2D eigenvalue weighted by atomic mass is 9.77. The summed E-state index contributed by atoms with van der Waals surface area (Å²) in [4.78, 5) is 17.6. The van der Waals surface area contributed by atoms with Crippen LogP contribution in [0.3, 0.4) is 0 Å². The van der Waals surface area contributed by atoms with Crippen molar-refractivity contribution in [1.82, 2.24) is 10.2 Å². The van der Waals surface area contributed by atoms with E-state index in [-0.39, 0.29) is 22.9 Å². The van der Waals surface area contributed by atoms with Crippen LogP contribution in [0.2, 0.25) is 5.02 Å². The Morgan fingerprint density at radius 1 is 1.00 bits per heavy atom. The second-order valence-electron chi connectivity index (χ2n) is 9.69. The van der Waals surface area contributed by atoms with E-state index in [0.717, 1.165) is 44.5 Å². The zero-order chi connectivity index (χ0) is 23.9. The molecule has 2 aromatic rings. The highest BCUT2D eigenvalue weighted by molar-refractivity contribution is 6.31. The van der Waals surface area contributed by atoms with E-state index in [0.29, 0.717) is 25.1 Å². The van der Waals surface area contributed by atoms with Crippen molar-refractivity contribution in [1.29, 1.82) is 0 Å². The number of nitrogens with zero attached hydrogens (tertiary/aromatic N) is 2. The molecule has 1 aliphatic carbocycles. The molecule has 1 spiro atoms. The number of anilines is 1. The number of para-hydroxylation sites is 1. The van der Waals surface area contributed by atoms with Gasteiger partial charge in [-0.25, -0.2) is 0 Å². The van der Waals surface area contributed by atoms with E-state index in [1.165, 1.54) is 12.1 Å². The van der Waals surface area contributed by atoms with E-state index >= 15 is 0 Å². The van der Waals surface area contributed by atoms with E-state index < -0.39 is 17.3 Å². The maximum absolute atomic E-state index is 13.5. The van der Waals surface area contributed by atoms with Crippen molar-refractivity contribution >= 4 is 23.2 Å². The minimum absolute atomic E-state index is 0.0313. The quantitative estimate of drug-likeness (QED) is 0.588. The van der Waals surface area contributed by atoms with Crippen molar-refractivity contribution < 1.29 is 18.0 Å². The predicted octanol–water partition coefficient (Wildman–Crippen LogP) is 5.81. The number of carbonyl (C=O) groups is 1. The molecule has 3 aliphatic rings. The molecule has 1 amide bonds. The second kappa shape index (κ2) is 9.08. The third kappa shape index (κ3) is 4.17. The minimum Gasteiger partial charge on any atom is -0.339 e. The largest absolute Gasteiger partial charge is 0.417 e. The Morgan fingerprint density at radius 2 is 1.71 bits per heavy atom. The molecule has 1 N–H and O–H groups in total. The lowest BCUT2D eigenvalue weighted by molar-refractivity contribution is -0.137. The number of hydrogen-bond acceptors (Lipinski definition) is 3. The van der Waals surface area contributed by atoms with E-state index in [4.69, 9.17) is 11.6 Å². The Bertz CT molecular complexity index is 1040. The molecule has 1 saturated carbocycles. The molecule has 2 saturated heterocycles. The number of hydrogen-bond donors (Lipinski definition) is 1. The molecule has 8 heteroatoms. The topological polar surface area (TPSA) is 35.6 Å². The lowest BCUT2D eigenvalue weighted by Crippen LogP contribution is -2.58. The van der Waals surface area contributed by atoms with Crippen molar-refractivity contribution in [2.75, 3.05) is 24.7 Å². The first kappa shape index (κ1) is 23.5. The van der Waals surface area contributed by atoms with Crippen LogP contribution in [0.15, 0.2) is 48.5 Å². The summed E-state index contributed by atoms with van der Waals surface area (Å²) < 4.78 is 40.5. The van der Waals surface area contributed by atoms with Crippen LogP contribution in [0.4, 0.5) is 18.9 Å². The van der Waals surface area contributed by atoms with E-state index in [2.05, 4.69) is 15.1 Å². The smallest absolute Gasteiger partial charge is 0.339 e. The van der Waals surface area contributed by atoms with E-state index in [1.54, 1.807) is 6.07 Å². The number of amides is 1. The molecule has 0 radical (unpaired) electrons. The summed E-state index contributed by atoms with van der Waals surface area (Å²) in [7, 11) is 0. The third-order valence-electron chi connectivity index (χ3n) is 7.95. The van der Waals surface area contributed by atoms with Crippen molar-refractivity contribution in [3.8, 4) is 0 Å². The third-order valence-corrected chi connectivity index (χ3v) is 8.28. The van der Waals surface area contributed by atoms with Gasteiger partial charge in [-0.05, 0) is 61.4 Å². The Morgan fingerprint density at radius 3 is 2.41 bits per heavy atom. The summed E-state index contributed by atoms with van der Waals surface area (Å²) in [5.41, 5.74) is 0.429. The summed E-state index contributed by atoms with van der Waals surface area (Å²) in [5.74, 6) is 0.104. The number of benzene rings is 2. The van der Waals surface area contributed by atoms with Gasteiger partial charge in [0.25, 0.3) is 0 Å². The minimum atomic E-state index is -4.47. The molecule has 2 aliphatic heterocycles. The van der Waals surface area contributed by atoms with Crippen molar-refractivity contribution in [2.45, 2.75) is 62.2 Å². The van der Waals surface area contributed by atoms with Gasteiger partial charge in [0.15, 0.2) is 0 Å². The van der Waals surface area contributed by atoms with Crippen LogP contribution in [-0.4, -0.2) is 42.1 Å². The molecular weight excluding hydrogens is 463 g/mol. The average Bonchev–Trinajstić information content (AvgIpc) is 3.15. The first-order valence-electron chi connectivity index (χ1n) is 12.0. The number of rotatable bonds is 3. The highest BCUT2D eigenvalue weighted by atomic mass is 35.5. The van der Waals surface area contributed by atoms with Crippen LogP contribution < -0.4 is 10.2 Å². The molecule has 3 fully saturated rings. The first-order valence-corrected chi connectivity index (χ1v) is 12.4. The Hall–Kier alpha value is -2.25. The summed E-state index contributed by atoms with van der Waals surface area (Å²) >= 11 is 5.88. The normalized spacial score (nSPS) is 25.5. The van der Waals surface area contributed by atoms with Gasteiger partial charge in [0.05, 0.1) is 17.3 Å².